The first-order chi connectivity index (χ1) is 6.89. The van der Waals surface area contributed by atoms with E-state index in [-0.39, 0.29) is 0 Å². The highest BCUT2D eigenvalue weighted by atomic mass is 16.1. The molecule has 2 nitrogen and oxygen atoms in total. The van der Waals surface area contributed by atoms with Crippen molar-refractivity contribution in [3.8, 4) is 0 Å². The van der Waals surface area contributed by atoms with Gasteiger partial charge in [-0.05, 0) is 50.6 Å². The van der Waals surface area contributed by atoms with E-state index in [2.05, 4.69) is 25.7 Å². The maximum Gasteiger partial charge on any atom is 0.143 e. The molecular formula is C13H25NO. The van der Waals surface area contributed by atoms with Gasteiger partial charge in [0.15, 0.2) is 0 Å². The Morgan fingerprint density at radius 1 is 1.27 bits per heavy atom. The van der Waals surface area contributed by atoms with Gasteiger partial charge in [0.2, 0.25) is 0 Å². The van der Waals surface area contributed by atoms with Crippen LogP contribution in [0.25, 0.3) is 0 Å². The first-order valence-corrected chi connectivity index (χ1v) is 6.11. The van der Waals surface area contributed by atoms with E-state index < -0.39 is 0 Å². The summed E-state index contributed by atoms with van der Waals surface area (Å²) in [6, 6.07) is 0. The minimum Gasteiger partial charge on any atom is -0.299 e. The summed E-state index contributed by atoms with van der Waals surface area (Å²) in [6.45, 7) is 11.5. The van der Waals surface area contributed by atoms with Crippen LogP contribution in [-0.2, 0) is 4.79 Å². The molecule has 1 fully saturated rings. The van der Waals surface area contributed by atoms with Crippen LogP contribution in [0, 0.1) is 11.3 Å². The highest BCUT2D eigenvalue weighted by molar-refractivity contribution is 5.77. The number of carbonyl (C=O) groups is 1. The van der Waals surface area contributed by atoms with Gasteiger partial charge in [-0.25, -0.2) is 0 Å². The van der Waals surface area contributed by atoms with E-state index >= 15 is 0 Å². The number of hydrogen-bond donors (Lipinski definition) is 0. The molecule has 0 aromatic rings. The van der Waals surface area contributed by atoms with E-state index in [4.69, 9.17) is 0 Å². The molecule has 0 saturated carbocycles. The van der Waals surface area contributed by atoms with Gasteiger partial charge in [0.25, 0.3) is 0 Å². The third-order valence-electron chi connectivity index (χ3n) is 3.49. The summed E-state index contributed by atoms with van der Waals surface area (Å²) >= 11 is 0. The Hall–Kier alpha value is -0.370. The summed E-state index contributed by atoms with van der Waals surface area (Å²) in [4.78, 5) is 13.4. The number of rotatable bonds is 2. The standard InChI is InChI=1S/C13H25NO/c1-11(15)10-14-8-5-6-12(7-9-14)13(2,3)4/h12H,5-10H2,1-4H3. The van der Waals surface area contributed by atoms with Crippen molar-refractivity contribution < 1.29 is 4.79 Å². The molecule has 88 valence electrons. The van der Waals surface area contributed by atoms with Crippen LogP contribution in [0.1, 0.15) is 47.0 Å². The maximum absolute atomic E-state index is 11.1. The van der Waals surface area contributed by atoms with Crippen molar-refractivity contribution in [3.63, 3.8) is 0 Å². The van der Waals surface area contributed by atoms with Crippen molar-refractivity contribution in [2.75, 3.05) is 19.6 Å². The largest absolute Gasteiger partial charge is 0.299 e. The molecule has 1 saturated heterocycles. The van der Waals surface area contributed by atoms with E-state index in [9.17, 15) is 4.79 Å². The maximum atomic E-state index is 11.1. The topological polar surface area (TPSA) is 20.3 Å². The molecule has 0 aromatic carbocycles. The van der Waals surface area contributed by atoms with Crippen molar-refractivity contribution in [3.05, 3.63) is 0 Å². The van der Waals surface area contributed by atoms with Crippen LogP contribution in [0.4, 0.5) is 0 Å². The molecule has 1 aliphatic heterocycles. The Kier molecular flexibility index (Phi) is 4.32. The van der Waals surface area contributed by atoms with Crippen molar-refractivity contribution in [2.24, 2.45) is 11.3 Å². The first-order valence-electron chi connectivity index (χ1n) is 6.11. The first kappa shape index (κ1) is 12.7. The summed E-state index contributed by atoms with van der Waals surface area (Å²) < 4.78 is 0. The van der Waals surface area contributed by atoms with Crippen LogP contribution < -0.4 is 0 Å². The fraction of sp³-hybridized carbons (Fsp3) is 0.923. The SMILES string of the molecule is CC(=O)CN1CCCC(C(C)(C)C)CC1. The van der Waals surface area contributed by atoms with Crippen molar-refractivity contribution in [2.45, 2.75) is 47.0 Å². The van der Waals surface area contributed by atoms with Gasteiger partial charge in [-0.15, -0.1) is 0 Å². The molecule has 1 aliphatic rings. The van der Waals surface area contributed by atoms with Crippen LogP contribution in [0.2, 0.25) is 0 Å². The van der Waals surface area contributed by atoms with Gasteiger partial charge in [0.1, 0.15) is 5.78 Å². The Morgan fingerprint density at radius 2 is 1.93 bits per heavy atom. The number of carbonyl (C=O) groups excluding carboxylic acids is 1. The van der Waals surface area contributed by atoms with Crippen LogP contribution in [-0.4, -0.2) is 30.3 Å². The number of hydrogen-bond acceptors (Lipinski definition) is 2. The predicted octanol–water partition coefficient (Wildman–Crippen LogP) is 2.72. The zero-order valence-corrected chi connectivity index (χ0v) is 10.7. The minimum absolute atomic E-state index is 0.296. The molecule has 15 heavy (non-hydrogen) atoms. The zero-order valence-electron chi connectivity index (χ0n) is 10.7. The summed E-state index contributed by atoms with van der Waals surface area (Å²) in [5.74, 6) is 1.11. The third-order valence-corrected chi connectivity index (χ3v) is 3.49. The second-order valence-electron chi connectivity index (χ2n) is 5.97. The van der Waals surface area contributed by atoms with Crippen LogP contribution in [0.15, 0.2) is 0 Å². The van der Waals surface area contributed by atoms with Gasteiger partial charge in [0.05, 0.1) is 6.54 Å². The minimum atomic E-state index is 0.296. The van der Waals surface area contributed by atoms with Crippen LogP contribution >= 0.6 is 0 Å². The lowest BCUT2D eigenvalue weighted by Gasteiger charge is -2.29. The molecule has 1 heterocycles. The van der Waals surface area contributed by atoms with Gasteiger partial charge < -0.3 is 0 Å². The molecule has 0 amide bonds. The van der Waals surface area contributed by atoms with Crippen molar-refractivity contribution in [1.29, 1.82) is 0 Å². The van der Waals surface area contributed by atoms with Crippen molar-refractivity contribution in [1.82, 2.24) is 4.90 Å². The van der Waals surface area contributed by atoms with E-state index in [0.29, 0.717) is 17.7 Å². The second kappa shape index (κ2) is 5.11. The average molecular weight is 211 g/mol. The molecule has 1 rings (SSSR count). The van der Waals surface area contributed by atoms with E-state index in [1.807, 2.05) is 0 Å². The molecule has 0 aliphatic carbocycles. The summed E-state index contributed by atoms with van der Waals surface area (Å²) in [6.07, 6.45) is 3.81. The van der Waals surface area contributed by atoms with E-state index in [0.717, 1.165) is 19.0 Å². The fourth-order valence-corrected chi connectivity index (χ4v) is 2.49. The Balaban J connectivity index is 2.45. The fourth-order valence-electron chi connectivity index (χ4n) is 2.49. The number of ketones is 1. The zero-order chi connectivity index (χ0) is 11.5. The molecule has 1 unspecified atom stereocenters. The Morgan fingerprint density at radius 3 is 2.47 bits per heavy atom. The molecule has 0 N–H and O–H groups in total. The predicted molar refractivity (Wildman–Crippen MR) is 63.9 cm³/mol. The van der Waals surface area contributed by atoms with Gasteiger partial charge in [-0.3, -0.25) is 9.69 Å². The highest BCUT2D eigenvalue weighted by Gasteiger charge is 2.27. The smallest absolute Gasteiger partial charge is 0.143 e. The highest BCUT2D eigenvalue weighted by Crippen LogP contribution is 2.34. The van der Waals surface area contributed by atoms with Crippen LogP contribution in [0.3, 0.4) is 0 Å². The average Bonchev–Trinajstić information content (AvgIpc) is 2.27. The van der Waals surface area contributed by atoms with Gasteiger partial charge in [-0.2, -0.15) is 0 Å². The molecule has 2 heteroatoms. The second-order valence-corrected chi connectivity index (χ2v) is 5.97. The normalized spacial score (nSPS) is 24.9. The molecule has 0 spiro atoms. The molecule has 0 aromatic heterocycles. The number of Topliss-reactive ketones (excluding diaryl/α,β-unsaturated/α-hetero) is 1. The number of likely N-dealkylation sites (tertiary alicyclic amines) is 1. The molecular weight excluding hydrogens is 186 g/mol. The Bertz CT molecular complexity index is 217. The lowest BCUT2D eigenvalue weighted by molar-refractivity contribution is -0.118. The third kappa shape index (κ3) is 4.33. The monoisotopic (exact) mass is 211 g/mol. The lowest BCUT2D eigenvalue weighted by atomic mass is 9.77. The van der Waals surface area contributed by atoms with Crippen molar-refractivity contribution >= 4 is 5.78 Å². The molecule has 1 atom stereocenters. The van der Waals surface area contributed by atoms with E-state index in [1.165, 1.54) is 19.3 Å². The van der Waals surface area contributed by atoms with Gasteiger partial charge >= 0.3 is 0 Å². The van der Waals surface area contributed by atoms with E-state index in [1.54, 1.807) is 6.92 Å². The Labute approximate surface area is 94.0 Å². The molecule has 0 bridgehead atoms. The quantitative estimate of drug-likeness (QED) is 0.700. The summed E-state index contributed by atoms with van der Waals surface area (Å²) in [5, 5.41) is 0. The summed E-state index contributed by atoms with van der Waals surface area (Å²) in [7, 11) is 0. The summed E-state index contributed by atoms with van der Waals surface area (Å²) in [5.41, 5.74) is 0.423. The van der Waals surface area contributed by atoms with Crippen LogP contribution in [0.5, 0.6) is 0 Å². The molecule has 0 radical (unpaired) electrons. The van der Waals surface area contributed by atoms with Gasteiger partial charge in [0, 0.05) is 0 Å². The van der Waals surface area contributed by atoms with Gasteiger partial charge in [-0.1, -0.05) is 20.8 Å². The lowest BCUT2D eigenvalue weighted by Crippen LogP contribution is -2.30. The number of nitrogens with zero attached hydrogens (tertiary/aromatic N) is 1.